The Morgan fingerprint density at radius 2 is 1.76 bits per heavy atom. The molecule has 0 fully saturated rings. The number of anilines is 1. The van der Waals surface area contributed by atoms with E-state index < -0.39 is 17.8 Å². The number of hydrogen-bond donors (Lipinski definition) is 1. The van der Waals surface area contributed by atoms with Crippen molar-refractivity contribution in [1.82, 2.24) is 0 Å². The summed E-state index contributed by atoms with van der Waals surface area (Å²) in [5.41, 5.74) is 0.898. The summed E-state index contributed by atoms with van der Waals surface area (Å²) in [6, 6.07) is 12.2. The van der Waals surface area contributed by atoms with Crippen molar-refractivity contribution in [2.24, 2.45) is 0 Å². The molecule has 0 aliphatic rings. The molecular formula is C16H16FNO3. The Labute approximate surface area is 122 Å². The lowest BCUT2D eigenvalue weighted by Crippen LogP contribution is -2.23. The molecule has 0 spiro atoms. The predicted molar refractivity (Wildman–Crippen MR) is 77.8 cm³/mol. The van der Waals surface area contributed by atoms with Crippen molar-refractivity contribution in [2.45, 2.75) is 6.04 Å². The van der Waals surface area contributed by atoms with Gasteiger partial charge < -0.3 is 14.8 Å². The highest BCUT2D eigenvalue weighted by molar-refractivity contribution is 5.81. The van der Waals surface area contributed by atoms with E-state index in [4.69, 9.17) is 9.47 Å². The van der Waals surface area contributed by atoms with E-state index in [1.807, 2.05) is 0 Å². The van der Waals surface area contributed by atoms with Crippen LogP contribution >= 0.6 is 0 Å². The average molecular weight is 289 g/mol. The van der Waals surface area contributed by atoms with E-state index in [0.29, 0.717) is 11.4 Å². The summed E-state index contributed by atoms with van der Waals surface area (Å²) in [6.45, 7) is 0. The Bertz CT molecular complexity index is 613. The first-order valence-electron chi connectivity index (χ1n) is 6.38. The Kier molecular flexibility index (Phi) is 4.77. The van der Waals surface area contributed by atoms with Crippen molar-refractivity contribution in [3.63, 3.8) is 0 Å². The Hall–Kier alpha value is -2.56. The van der Waals surface area contributed by atoms with Gasteiger partial charge in [-0.05, 0) is 30.3 Å². The maximum absolute atomic E-state index is 13.9. The van der Waals surface area contributed by atoms with E-state index in [-0.39, 0.29) is 5.56 Å². The fourth-order valence-corrected chi connectivity index (χ4v) is 1.94. The summed E-state index contributed by atoms with van der Waals surface area (Å²) in [4.78, 5) is 11.9. The van der Waals surface area contributed by atoms with E-state index in [9.17, 15) is 9.18 Å². The first-order valence-corrected chi connectivity index (χ1v) is 6.38. The van der Waals surface area contributed by atoms with E-state index in [2.05, 4.69) is 5.32 Å². The van der Waals surface area contributed by atoms with Crippen molar-refractivity contribution in [3.8, 4) is 5.75 Å². The SMILES string of the molecule is COC(=O)[C@H](Nc1ccc(OC)cc1)c1ccccc1F. The molecule has 0 bridgehead atoms. The molecule has 0 saturated carbocycles. The zero-order valence-corrected chi connectivity index (χ0v) is 11.8. The minimum Gasteiger partial charge on any atom is -0.497 e. The summed E-state index contributed by atoms with van der Waals surface area (Å²) >= 11 is 0. The van der Waals surface area contributed by atoms with Crippen molar-refractivity contribution in [3.05, 3.63) is 59.9 Å². The second kappa shape index (κ2) is 6.74. The number of hydrogen-bond acceptors (Lipinski definition) is 4. The third kappa shape index (κ3) is 3.51. The molecule has 1 atom stereocenters. The highest BCUT2D eigenvalue weighted by Crippen LogP contribution is 2.24. The second-order valence-corrected chi connectivity index (χ2v) is 4.35. The van der Waals surface area contributed by atoms with Crippen LogP contribution in [0.3, 0.4) is 0 Å². The molecule has 2 aromatic rings. The van der Waals surface area contributed by atoms with Gasteiger partial charge in [-0.25, -0.2) is 9.18 Å². The van der Waals surface area contributed by atoms with Crippen LogP contribution in [-0.2, 0) is 9.53 Å². The summed E-state index contributed by atoms with van der Waals surface area (Å²) < 4.78 is 23.7. The maximum Gasteiger partial charge on any atom is 0.333 e. The normalized spacial score (nSPS) is 11.6. The largest absolute Gasteiger partial charge is 0.497 e. The van der Waals surface area contributed by atoms with Gasteiger partial charge in [0.25, 0.3) is 0 Å². The minimum atomic E-state index is -0.912. The van der Waals surface area contributed by atoms with Gasteiger partial charge in [0.1, 0.15) is 11.6 Å². The number of esters is 1. The highest BCUT2D eigenvalue weighted by Gasteiger charge is 2.24. The molecule has 0 radical (unpaired) electrons. The van der Waals surface area contributed by atoms with Crippen molar-refractivity contribution >= 4 is 11.7 Å². The molecule has 0 aliphatic heterocycles. The molecule has 0 aliphatic carbocycles. The standard InChI is InChI=1S/C16H16FNO3/c1-20-12-9-7-11(8-10-12)18-15(16(19)21-2)13-5-3-4-6-14(13)17/h3-10,15,18H,1-2H3/t15-/m1/s1. The van der Waals surface area contributed by atoms with E-state index >= 15 is 0 Å². The summed E-state index contributed by atoms with van der Waals surface area (Å²) in [7, 11) is 2.84. The van der Waals surface area contributed by atoms with Crippen LogP contribution < -0.4 is 10.1 Å². The summed E-state index contributed by atoms with van der Waals surface area (Å²) in [5.74, 6) is -0.328. The fourth-order valence-electron chi connectivity index (χ4n) is 1.94. The van der Waals surface area contributed by atoms with Crippen LogP contribution in [0.4, 0.5) is 10.1 Å². The third-order valence-electron chi connectivity index (χ3n) is 3.05. The molecule has 21 heavy (non-hydrogen) atoms. The van der Waals surface area contributed by atoms with Crippen LogP contribution in [0.25, 0.3) is 0 Å². The van der Waals surface area contributed by atoms with Gasteiger partial charge in [0.2, 0.25) is 0 Å². The topological polar surface area (TPSA) is 47.6 Å². The van der Waals surface area contributed by atoms with Gasteiger partial charge in [-0.15, -0.1) is 0 Å². The lowest BCUT2D eigenvalue weighted by Gasteiger charge is -2.18. The smallest absolute Gasteiger partial charge is 0.333 e. The van der Waals surface area contributed by atoms with Gasteiger partial charge in [-0.3, -0.25) is 0 Å². The Morgan fingerprint density at radius 1 is 1.10 bits per heavy atom. The number of methoxy groups -OCH3 is 2. The van der Waals surface area contributed by atoms with Crippen LogP contribution in [0.5, 0.6) is 5.75 Å². The molecule has 0 amide bonds. The highest BCUT2D eigenvalue weighted by atomic mass is 19.1. The molecule has 4 nitrogen and oxygen atoms in total. The van der Waals surface area contributed by atoms with Gasteiger partial charge in [-0.1, -0.05) is 18.2 Å². The van der Waals surface area contributed by atoms with Gasteiger partial charge in [0, 0.05) is 11.3 Å². The zero-order chi connectivity index (χ0) is 15.2. The Balaban J connectivity index is 2.28. The number of carbonyl (C=O) groups excluding carboxylic acids is 1. The maximum atomic E-state index is 13.9. The molecule has 0 aromatic heterocycles. The van der Waals surface area contributed by atoms with E-state index in [1.165, 1.54) is 13.2 Å². The Morgan fingerprint density at radius 3 is 2.33 bits per heavy atom. The zero-order valence-electron chi connectivity index (χ0n) is 11.8. The van der Waals surface area contributed by atoms with E-state index in [0.717, 1.165) is 0 Å². The molecule has 0 unspecified atom stereocenters. The van der Waals surface area contributed by atoms with Crippen LogP contribution in [0, 0.1) is 5.82 Å². The van der Waals surface area contributed by atoms with Crippen LogP contribution in [-0.4, -0.2) is 20.2 Å². The molecule has 2 rings (SSSR count). The van der Waals surface area contributed by atoms with Crippen LogP contribution in [0.15, 0.2) is 48.5 Å². The van der Waals surface area contributed by atoms with Crippen LogP contribution in [0.2, 0.25) is 0 Å². The quantitative estimate of drug-likeness (QED) is 0.859. The summed E-state index contributed by atoms with van der Waals surface area (Å²) in [5, 5.41) is 2.97. The summed E-state index contributed by atoms with van der Waals surface area (Å²) in [6.07, 6.45) is 0. The van der Waals surface area contributed by atoms with E-state index in [1.54, 1.807) is 49.6 Å². The lowest BCUT2D eigenvalue weighted by atomic mass is 10.1. The minimum absolute atomic E-state index is 0.236. The third-order valence-corrected chi connectivity index (χ3v) is 3.05. The molecule has 110 valence electrons. The van der Waals surface area contributed by atoms with Crippen molar-refractivity contribution in [2.75, 3.05) is 19.5 Å². The number of carbonyl (C=O) groups is 1. The van der Waals surface area contributed by atoms with Gasteiger partial charge in [0.15, 0.2) is 6.04 Å². The molecule has 1 N–H and O–H groups in total. The number of rotatable bonds is 5. The number of nitrogens with one attached hydrogen (secondary N) is 1. The fraction of sp³-hybridized carbons (Fsp3) is 0.188. The van der Waals surface area contributed by atoms with Crippen LogP contribution in [0.1, 0.15) is 11.6 Å². The van der Waals surface area contributed by atoms with Gasteiger partial charge >= 0.3 is 5.97 Å². The molecule has 0 heterocycles. The molecule has 0 saturated heterocycles. The predicted octanol–water partition coefficient (Wildman–Crippen LogP) is 3.16. The molecule has 2 aromatic carbocycles. The molecular weight excluding hydrogens is 273 g/mol. The lowest BCUT2D eigenvalue weighted by molar-refractivity contribution is -0.141. The van der Waals surface area contributed by atoms with Crippen molar-refractivity contribution < 1.29 is 18.7 Å². The van der Waals surface area contributed by atoms with Gasteiger partial charge in [-0.2, -0.15) is 0 Å². The first kappa shape index (κ1) is 14.8. The molecule has 5 heteroatoms. The number of benzene rings is 2. The average Bonchev–Trinajstić information content (AvgIpc) is 2.53. The monoisotopic (exact) mass is 289 g/mol. The second-order valence-electron chi connectivity index (χ2n) is 4.35. The van der Waals surface area contributed by atoms with Crippen molar-refractivity contribution in [1.29, 1.82) is 0 Å². The van der Waals surface area contributed by atoms with Gasteiger partial charge in [0.05, 0.1) is 14.2 Å². The number of halogens is 1. The number of ether oxygens (including phenoxy) is 2. The first-order chi connectivity index (χ1) is 10.2.